The van der Waals surface area contributed by atoms with E-state index in [1.807, 2.05) is 72.9 Å². The molecule has 0 saturated heterocycles. The van der Waals surface area contributed by atoms with Gasteiger partial charge in [-0.2, -0.15) is 5.10 Å². The maximum atomic E-state index is 13.1. The van der Waals surface area contributed by atoms with E-state index in [9.17, 15) is 4.79 Å². The van der Waals surface area contributed by atoms with Crippen LogP contribution in [0, 0.1) is 6.92 Å². The lowest BCUT2D eigenvalue weighted by Gasteiger charge is -2.17. The van der Waals surface area contributed by atoms with E-state index in [0.29, 0.717) is 12.2 Å². The minimum atomic E-state index is 0.00487. The molecule has 0 N–H and O–H groups in total. The zero-order chi connectivity index (χ0) is 20.3. The molecule has 0 fully saturated rings. The standard InChI is InChI=1S/C22H28N4O2/c1-6-25-14-18(17-8-10-20(28-5)11-9-17)12-21(25)22(27)24(4)13-19-15-26(7-2)23-16(19)3/h8-12,14-15H,6-7,13H2,1-5H3. The Morgan fingerprint density at radius 3 is 2.39 bits per heavy atom. The van der Waals surface area contributed by atoms with Crippen LogP contribution in [0.15, 0.2) is 42.7 Å². The maximum absolute atomic E-state index is 13.1. The quantitative estimate of drug-likeness (QED) is 0.623. The number of ether oxygens (including phenoxy) is 1. The predicted molar refractivity (Wildman–Crippen MR) is 111 cm³/mol. The fourth-order valence-electron chi connectivity index (χ4n) is 3.29. The smallest absolute Gasteiger partial charge is 0.270 e. The van der Waals surface area contributed by atoms with Crippen molar-refractivity contribution in [2.75, 3.05) is 14.2 Å². The predicted octanol–water partition coefficient (Wildman–Crippen LogP) is 3.98. The van der Waals surface area contributed by atoms with E-state index < -0.39 is 0 Å². The number of nitrogens with zero attached hydrogens (tertiary/aromatic N) is 4. The van der Waals surface area contributed by atoms with Gasteiger partial charge in [-0.15, -0.1) is 0 Å². The van der Waals surface area contributed by atoms with Gasteiger partial charge in [-0.25, -0.2) is 0 Å². The number of amides is 1. The molecule has 6 heteroatoms. The second kappa shape index (κ2) is 8.33. The second-order valence-corrected chi connectivity index (χ2v) is 6.89. The van der Waals surface area contributed by atoms with Crippen molar-refractivity contribution in [3.63, 3.8) is 0 Å². The third-order valence-electron chi connectivity index (χ3n) is 5.01. The fourth-order valence-corrected chi connectivity index (χ4v) is 3.29. The number of methoxy groups -OCH3 is 1. The van der Waals surface area contributed by atoms with Gasteiger partial charge in [0.2, 0.25) is 0 Å². The monoisotopic (exact) mass is 380 g/mol. The van der Waals surface area contributed by atoms with Gasteiger partial charge in [-0.1, -0.05) is 12.1 Å². The highest BCUT2D eigenvalue weighted by molar-refractivity contribution is 5.94. The number of carbonyl (C=O) groups excluding carboxylic acids is 1. The van der Waals surface area contributed by atoms with E-state index in [1.54, 1.807) is 12.0 Å². The molecule has 0 aliphatic rings. The van der Waals surface area contributed by atoms with E-state index in [4.69, 9.17) is 4.74 Å². The molecule has 148 valence electrons. The summed E-state index contributed by atoms with van der Waals surface area (Å²) in [4.78, 5) is 14.9. The Balaban J connectivity index is 1.83. The van der Waals surface area contributed by atoms with Crippen LogP contribution in [0.25, 0.3) is 11.1 Å². The van der Waals surface area contributed by atoms with Crippen LogP contribution in [0.2, 0.25) is 0 Å². The Labute approximate surface area is 166 Å². The Morgan fingerprint density at radius 2 is 1.82 bits per heavy atom. The minimum absolute atomic E-state index is 0.00487. The summed E-state index contributed by atoms with van der Waals surface area (Å²) in [6.45, 7) is 8.18. The first-order valence-electron chi connectivity index (χ1n) is 9.59. The summed E-state index contributed by atoms with van der Waals surface area (Å²) in [7, 11) is 3.49. The first kappa shape index (κ1) is 19.7. The van der Waals surface area contributed by atoms with Gasteiger partial charge in [0.1, 0.15) is 11.4 Å². The van der Waals surface area contributed by atoms with Gasteiger partial charge >= 0.3 is 0 Å². The maximum Gasteiger partial charge on any atom is 0.270 e. The zero-order valence-corrected chi connectivity index (χ0v) is 17.3. The number of hydrogen-bond donors (Lipinski definition) is 0. The largest absolute Gasteiger partial charge is 0.497 e. The molecule has 6 nitrogen and oxygen atoms in total. The number of benzene rings is 1. The van der Waals surface area contributed by atoms with Crippen molar-refractivity contribution in [3.05, 3.63) is 59.7 Å². The Bertz CT molecular complexity index is 954. The number of aryl methyl sites for hydroxylation is 3. The van der Waals surface area contributed by atoms with Gasteiger partial charge in [0.05, 0.1) is 12.8 Å². The molecule has 1 amide bonds. The molecule has 0 aliphatic carbocycles. The molecule has 28 heavy (non-hydrogen) atoms. The van der Waals surface area contributed by atoms with Crippen LogP contribution in [0.4, 0.5) is 0 Å². The summed E-state index contributed by atoms with van der Waals surface area (Å²) in [5.74, 6) is 0.822. The highest BCUT2D eigenvalue weighted by atomic mass is 16.5. The van der Waals surface area contributed by atoms with Crippen LogP contribution >= 0.6 is 0 Å². The average Bonchev–Trinajstić information content (AvgIpc) is 3.31. The molecule has 0 aliphatic heterocycles. The van der Waals surface area contributed by atoms with Gasteiger partial charge in [0, 0.05) is 50.2 Å². The van der Waals surface area contributed by atoms with Crippen LogP contribution < -0.4 is 4.74 Å². The van der Waals surface area contributed by atoms with Gasteiger partial charge in [0.15, 0.2) is 0 Å². The Hall–Kier alpha value is -3.02. The number of aromatic nitrogens is 3. The first-order chi connectivity index (χ1) is 13.5. The topological polar surface area (TPSA) is 52.3 Å². The van der Waals surface area contributed by atoms with Gasteiger partial charge < -0.3 is 14.2 Å². The van der Waals surface area contributed by atoms with E-state index >= 15 is 0 Å². The van der Waals surface area contributed by atoms with Crippen LogP contribution in [0.5, 0.6) is 5.75 Å². The fraction of sp³-hybridized carbons (Fsp3) is 0.364. The molecule has 3 aromatic rings. The lowest BCUT2D eigenvalue weighted by Crippen LogP contribution is -2.28. The Morgan fingerprint density at radius 1 is 1.11 bits per heavy atom. The van der Waals surface area contributed by atoms with Gasteiger partial charge in [-0.05, 0) is 44.5 Å². The molecule has 0 saturated carbocycles. The average molecular weight is 380 g/mol. The van der Waals surface area contributed by atoms with Gasteiger partial charge in [0.25, 0.3) is 5.91 Å². The minimum Gasteiger partial charge on any atom is -0.497 e. The lowest BCUT2D eigenvalue weighted by atomic mass is 10.1. The summed E-state index contributed by atoms with van der Waals surface area (Å²) in [5.41, 5.74) is 4.81. The molecular weight excluding hydrogens is 352 g/mol. The Kier molecular flexibility index (Phi) is 5.87. The number of hydrogen-bond acceptors (Lipinski definition) is 3. The van der Waals surface area contributed by atoms with Crippen molar-refractivity contribution in [3.8, 4) is 16.9 Å². The molecule has 0 atom stereocenters. The van der Waals surface area contributed by atoms with Crippen molar-refractivity contribution in [1.29, 1.82) is 0 Å². The number of rotatable bonds is 7. The highest BCUT2D eigenvalue weighted by Gasteiger charge is 2.19. The van der Waals surface area contributed by atoms with Crippen LogP contribution in [0.1, 0.15) is 35.6 Å². The summed E-state index contributed by atoms with van der Waals surface area (Å²) in [6, 6.07) is 9.84. The van der Waals surface area contributed by atoms with Crippen molar-refractivity contribution in [1.82, 2.24) is 19.2 Å². The van der Waals surface area contributed by atoms with Crippen LogP contribution in [0.3, 0.4) is 0 Å². The molecule has 0 radical (unpaired) electrons. The van der Waals surface area contributed by atoms with E-state index in [2.05, 4.69) is 12.0 Å². The lowest BCUT2D eigenvalue weighted by molar-refractivity contribution is 0.0774. The van der Waals surface area contributed by atoms with Crippen molar-refractivity contribution in [2.45, 2.75) is 40.4 Å². The molecule has 0 spiro atoms. The van der Waals surface area contributed by atoms with Crippen LogP contribution in [-0.2, 0) is 19.6 Å². The first-order valence-corrected chi connectivity index (χ1v) is 9.59. The molecule has 2 aromatic heterocycles. The summed E-state index contributed by atoms with van der Waals surface area (Å²) < 4.78 is 9.13. The van der Waals surface area contributed by atoms with Crippen molar-refractivity contribution in [2.24, 2.45) is 0 Å². The van der Waals surface area contributed by atoms with E-state index in [0.717, 1.165) is 41.2 Å². The SMILES string of the molecule is CCn1cc(CN(C)C(=O)c2cc(-c3ccc(OC)cc3)cn2CC)c(C)n1. The van der Waals surface area contributed by atoms with E-state index in [1.165, 1.54) is 0 Å². The van der Waals surface area contributed by atoms with Crippen LogP contribution in [-0.4, -0.2) is 39.3 Å². The molecule has 0 bridgehead atoms. The molecule has 1 aromatic carbocycles. The van der Waals surface area contributed by atoms with E-state index in [-0.39, 0.29) is 5.91 Å². The molecule has 0 unspecified atom stereocenters. The summed E-state index contributed by atoms with van der Waals surface area (Å²) in [5, 5.41) is 4.47. The third kappa shape index (κ3) is 3.96. The molecule has 2 heterocycles. The molecular formula is C22H28N4O2. The molecule has 3 rings (SSSR count). The number of carbonyl (C=O) groups is 1. The third-order valence-corrected chi connectivity index (χ3v) is 5.01. The zero-order valence-electron chi connectivity index (χ0n) is 17.3. The summed E-state index contributed by atoms with van der Waals surface area (Å²) >= 11 is 0. The highest BCUT2D eigenvalue weighted by Crippen LogP contribution is 2.25. The van der Waals surface area contributed by atoms with Gasteiger partial charge in [-0.3, -0.25) is 9.48 Å². The second-order valence-electron chi connectivity index (χ2n) is 6.89. The van der Waals surface area contributed by atoms with Crippen molar-refractivity contribution < 1.29 is 9.53 Å². The normalized spacial score (nSPS) is 10.9. The van der Waals surface area contributed by atoms with Crippen molar-refractivity contribution >= 4 is 5.91 Å². The summed E-state index contributed by atoms with van der Waals surface area (Å²) in [6.07, 6.45) is 4.05.